The van der Waals surface area contributed by atoms with E-state index in [4.69, 9.17) is 5.11 Å². The molecule has 0 fully saturated rings. The molecule has 0 spiro atoms. The number of nitrogens with zero attached hydrogens (tertiary/aromatic N) is 2. The fourth-order valence-electron chi connectivity index (χ4n) is 1.97. The lowest BCUT2D eigenvalue weighted by atomic mass is 10.3. The predicted octanol–water partition coefficient (Wildman–Crippen LogP) is 2.15. The fourth-order valence-corrected chi connectivity index (χ4v) is 3.39. The summed E-state index contributed by atoms with van der Waals surface area (Å²) in [5.74, 6) is -3.81. The number of aliphatic carboxylic acids is 1. The van der Waals surface area contributed by atoms with Crippen LogP contribution in [0.5, 0.6) is 0 Å². The first-order valence-corrected chi connectivity index (χ1v) is 8.01. The van der Waals surface area contributed by atoms with Gasteiger partial charge in [0.2, 0.25) is 0 Å². The zero-order valence-electron chi connectivity index (χ0n) is 12.3. The molecule has 0 radical (unpaired) electrons. The predicted molar refractivity (Wildman–Crippen MR) is 81.6 cm³/mol. The van der Waals surface area contributed by atoms with Gasteiger partial charge >= 0.3 is 5.97 Å². The van der Waals surface area contributed by atoms with E-state index >= 15 is 0 Å². The van der Waals surface area contributed by atoms with E-state index in [0.29, 0.717) is 6.07 Å². The molecule has 8 nitrogen and oxygen atoms in total. The van der Waals surface area contributed by atoms with Gasteiger partial charge in [0.1, 0.15) is 18.2 Å². The number of nitro groups is 1. The minimum Gasteiger partial charge on any atom is -0.480 e. The van der Waals surface area contributed by atoms with Gasteiger partial charge in [0, 0.05) is 18.2 Å². The van der Waals surface area contributed by atoms with Crippen LogP contribution in [0.3, 0.4) is 0 Å². The highest BCUT2D eigenvalue weighted by Gasteiger charge is 2.29. The van der Waals surface area contributed by atoms with E-state index in [-0.39, 0.29) is 9.99 Å². The maximum absolute atomic E-state index is 13.9. The second kappa shape index (κ2) is 6.81. The Labute approximate surface area is 140 Å². The lowest BCUT2D eigenvalue weighted by molar-refractivity contribution is -0.384. The molecular weight excluding hydrogens is 362 g/mol. The number of halogens is 2. The molecule has 11 heteroatoms. The second-order valence-corrected chi connectivity index (χ2v) is 6.61. The molecule has 0 bridgehead atoms. The van der Waals surface area contributed by atoms with Gasteiger partial charge in [-0.2, -0.15) is 0 Å². The Bertz CT molecular complexity index is 931. The SMILES string of the molecule is O=C(O)CN(c1ccc(F)cc1F)S(=O)(=O)c1ccc([N+](=O)[O-])cc1. The molecule has 0 saturated carbocycles. The topological polar surface area (TPSA) is 118 Å². The number of sulfonamides is 1. The smallest absolute Gasteiger partial charge is 0.324 e. The standard InChI is InChI=1S/C14H10F2N2O6S/c15-9-1-6-13(12(16)7-9)17(8-14(19)20)25(23,24)11-4-2-10(3-5-11)18(21)22/h1-7H,8H2,(H,19,20). The van der Waals surface area contributed by atoms with Crippen molar-refractivity contribution in [3.8, 4) is 0 Å². The number of rotatable bonds is 6. The third-order valence-corrected chi connectivity index (χ3v) is 4.87. The number of non-ortho nitro benzene ring substituents is 1. The molecule has 1 N–H and O–H groups in total. The molecule has 25 heavy (non-hydrogen) atoms. The molecule has 0 aromatic heterocycles. The third kappa shape index (κ3) is 3.88. The molecule has 2 aromatic carbocycles. The molecule has 132 valence electrons. The Hall–Kier alpha value is -3.08. The van der Waals surface area contributed by atoms with E-state index in [2.05, 4.69) is 0 Å². The summed E-state index contributed by atoms with van der Waals surface area (Å²) in [7, 11) is -4.56. The van der Waals surface area contributed by atoms with E-state index in [1.807, 2.05) is 0 Å². The number of benzene rings is 2. The normalized spacial score (nSPS) is 11.1. The summed E-state index contributed by atoms with van der Waals surface area (Å²) in [6, 6.07) is 5.58. The van der Waals surface area contributed by atoms with Crippen LogP contribution in [-0.4, -0.2) is 31.0 Å². The van der Waals surface area contributed by atoms with Crippen molar-refractivity contribution in [2.75, 3.05) is 10.8 Å². The zero-order chi connectivity index (χ0) is 18.8. The van der Waals surface area contributed by atoms with Crippen molar-refractivity contribution in [3.05, 3.63) is 64.2 Å². The Kier molecular flexibility index (Phi) is 4.97. The average molecular weight is 372 g/mol. The van der Waals surface area contributed by atoms with Gasteiger partial charge in [-0.25, -0.2) is 17.2 Å². The first-order chi connectivity index (χ1) is 11.6. The van der Waals surface area contributed by atoms with E-state index < -0.39 is 49.7 Å². The summed E-state index contributed by atoms with van der Waals surface area (Å²) in [4.78, 5) is 20.4. The summed E-state index contributed by atoms with van der Waals surface area (Å²) in [6.07, 6.45) is 0. The molecule has 0 aliphatic rings. The van der Waals surface area contributed by atoms with Crippen LogP contribution < -0.4 is 4.31 Å². The number of nitro benzene ring substituents is 1. The van der Waals surface area contributed by atoms with Crippen LogP contribution in [0.4, 0.5) is 20.2 Å². The lowest BCUT2D eigenvalue weighted by Gasteiger charge is -2.23. The highest BCUT2D eigenvalue weighted by Crippen LogP contribution is 2.27. The molecule has 0 aliphatic carbocycles. The molecule has 2 aromatic rings. The molecule has 0 heterocycles. The fraction of sp³-hybridized carbons (Fsp3) is 0.0714. The largest absolute Gasteiger partial charge is 0.480 e. The number of hydrogen-bond donors (Lipinski definition) is 1. The van der Waals surface area contributed by atoms with Crippen LogP contribution in [0.25, 0.3) is 0 Å². The van der Waals surface area contributed by atoms with Crippen LogP contribution >= 0.6 is 0 Å². The van der Waals surface area contributed by atoms with E-state index in [1.54, 1.807) is 0 Å². The Balaban J connectivity index is 2.55. The highest BCUT2D eigenvalue weighted by molar-refractivity contribution is 7.92. The quantitative estimate of drug-likeness (QED) is 0.613. The van der Waals surface area contributed by atoms with E-state index in [1.165, 1.54) is 0 Å². The first kappa shape index (κ1) is 18.3. The highest BCUT2D eigenvalue weighted by atomic mass is 32.2. The van der Waals surface area contributed by atoms with Crippen molar-refractivity contribution in [3.63, 3.8) is 0 Å². The summed E-state index contributed by atoms with van der Waals surface area (Å²) >= 11 is 0. The number of hydrogen-bond acceptors (Lipinski definition) is 5. The minimum atomic E-state index is -4.56. The number of carbonyl (C=O) groups is 1. The summed E-state index contributed by atoms with van der Waals surface area (Å²) in [5, 5.41) is 19.5. The monoisotopic (exact) mass is 372 g/mol. The van der Waals surface area contributed by atoms with Gasteiger partial charge in [0.25, 0.3) is 15.7 Å². The van der Waals surface area contributed by atoms with E-state index in [0.717, 1.165) is 36.4 Å². The van der Waals surface area contributed by atoms with Crippen molar-refractivity contribution in [1.82, 2.24) is 0 Å². The number of anilines is 1. The van der Waals surface area contributed by atoms with Crippen LogP contribution in [0.15, 0.2) is 47.4 Å². The molecule has 0 unspecified atom stereocenters. The number of carboxylic acid groups (broad SMARTS) is 1. The Morgan fingerprint density at radius 3 is 2.24 bits per heavy atom. The maximum Gasteiger partial charge on any atom is 0.324 e. The summed E-state index contributed by atoms with van der Waals surface area (Å²) in [6.45, 7) is -1.12. The minimum absolute atomic E-state index is 0.241. The van der Waals surface area contributed by atoms with Gasteiger partial charge in [-0.1, -0.05) is 0 Å². The van der Waals surface area contributed by atoms with Crippen molar-refractivity contribution in [2.45, 2.75) is 4.90 Å². The molecule has 0 atom stereocenters. The first-order valence-electron chi connectivity index (χ1n) is 6.57. The maximum atomic E-state index is 13.9. The van der Waals surface area contributed by atoms with Crippen molar-refractivity contribution >= 4 is 27.4 Å². The van der Waals surface area contributed by atoms with Crippen LogP contribution in [-0.2, 0) is 14.8 Å². The van der Waals surface area contributed by atoms with E-state index in [9.17, 15) is 32.1 Å². The second-order valence-electron chi connectivity index (χ2n) is 4.75. The van der Waals surface area contributed by atoms with Crippen molar-refractivity contribution < 1.29 is 32.0 Å². The van der Waals surface area contributed by atoms with Gasteiger partial charge in [-0.15, -0.1) is 0 Å². The molecule has 2 rings (SSSR count). The molecular formula is C14H10F2N2O6S. The summed E-state index contributed by atoms with van der Waals surface area (Å²) < 4.78 is 52.4. The average Bonchev–Trinajstić information content (AvgIpc) is 2.53. The van der Waals surface area contributed by atoms with Crippen LogP contribution in [0.2, 0.25) is 0 Å². The van der Waals surface area contributed by atoms with Gasteiger partial charge < -0.3 is 5.11 Å². The van der Waals surface area contributed by atoms with Crippen molar-refractivity contribution in [1.29, 1.82) is 0 Å². The van der Waals surface area contributed by atoms with Gasteiger partial charge in [0.05, 0.1) is 15.5 Å². The number of carboxylic acids is 1. The van der Waals surface area contributed by atoms with Crippen LogP contribution in [0, 0.1) is 21.7 Å². The van der Waals surface area contributed by atoms with Gasteiger partial charge in [-0.3, -0.25) is 19.2 Å². The van der Waals surface area contributed by atoms with Crippen LogP contribution in [0.1, 0.15) is 0 Å². The lowest BCUT2D eigenvalue weighted by Crippen LogP contribution is -2.36. The Morgan fingerprint density at radius 1 is 1.16 bits per heavy atom. The molecule has 0 aliphatic heterocycles. The molecule has 0 saturated heterocycles. The van der Waals surface area contributed by atoms with Crippen molar-refractivity contribution in [2.24, 2.45) is 0 Å². The van der Waals surface area contributed by atoms with Gasteiger partial charge in [0.15, 0.2) is 0 Å². The zero-order valence-corrected chi connectivity index (χ0v) is 13.1. The Morgan fingerprint density at radius 2 is 1.76 bits per heavy atom. The van der Waals surface area contributed by atoms with Gasteiger partial charge in [-0.05, 0) is 24.3 Å². The third-order valence-electron chi connectivity index (χ3n) is 3.09. The molecule has 0 amide bonds. The summed E-state index contributed by atoms with van der Waals surface area (Å²) in [5.41, 5.74) is -1.04.